The molecule has 3 heteroatoms. The van der Waals surface area contributed by atoms with Crippen LogP contribution in [-0.4, -0.2) is 24.2 Å². The van der Waals surface area contributed by atoms with Crippen molar-refractivity contribution in [1.82, 2.24) is 0 Å². The van der Waals surface area contributed by atoms with Crippen LogP contribution in [0.3, 0.4) is 0 Å². The molecule has 19 heavy (non-hydrogen) atoms. The minimum atomic E-state index is 0.449. The van der Waals surface area contributed by atoms with Gasteiger partial charge in [-0.2, -0.15) is 11.8 Å². The number of benzene rings is 1. The molecule has 1 aromatic carbocycles. The quantitative estimate of drug-likeness (QED) is 0.705. The second-order valence-electron chi connectivity index (χ2n) is 5.03. The summed E-state index contributed by atoms with van der Waals surface area (Å²) in [6.45, 7) is 3.26. The summed E-state index contributed by atoms with van der Waals surface area (Å²) in [5, 5.41) is 3.46. The number of thioether (sulfide) groups is 1. The van der Waals surface area contributed by atoms with E-state index in [4.69, 9.17) is 4.74 Å². The molecule has 0 aromatic heterocycles. The van der Waals surface area contributed by atoms with E-state index >= 15 is 0 Å². The highest BCUT2D eigenvalue weighted by Crippen LogP contribution is 2.24. The number of rotatable bonds is 8. The number of hydrogen-bond donors (Lipinski definition) is 1. The van der Waals surface area contributed by atoms with E-state index in [1.54, 1.807) is 0 Å². The molecular formula is C16H25NOS. The number of nitrogens with one attached hydrogen (secondary N) is 1. The largest absolute Gasteiger partial charge is 0.490 e. The highest BCUT2D eigenvalue weighted by molar-refractivity contribution is 7.99. The van der Waals surface area contributed by atoms with Gasteiger partial charge in [-0.1, -0.05) is 6.92 Å². The van der Waals surface area contributed by atoms with E-state index < -0.39 is 0 Å². The summed E-state index contributed by atoms with van der Waals surface area (Å²) in [6.07, 6.45) is 6.74. The summed E-state index contributed by atoms with van der Waals surface area (Å²) in [5.41, 5.74) is 1.19. The van der Waals surface area contributed by atoms with Crippen LogP contribution in [-0.2, 0) is 0 Å². The van der Waals surface area contributed by atoms with Crippen LogP contribution >= 0.6 is 11.8 Å². The summed E-state index contributed by atoms with van der Waals surface area (Å²) >= 11 is 2.00. The number of hydrogen-bond acceptors (Lipinski definition) is 3. The highest BCUT2D eigenvalue weighted by atomic mass is 32.2. The van der Waals surface area contributed by atoms with Gasteiger partial charge in [0.2, 0.25) is 0 Å². The van der Waals surface area contributed by atoms with Gasteiger partial charge in [-0.25, -0.2) is 0 Å². The lowest BCUT2D eigenvalue weighted by atomic mass is 10.2. The first-order valence-corrected chi connectivity index (χ1v) is 8.62. The highest BCUT2D eigenvalue weighted by Gasteiger charge is 2.16. The third-order valence-corrected chi connectivity index (χ3v) is 4.44. The average molecular weight is 279 g/mol. The van der Waals surface area contributed by atoms with Gasteiger partial charge in [0.15, 0.2) is 0 Å². The molecule has 0 heterocycles. The molecule has 0 bridgehead atoms. The zero-order valence-corrected chi connectivity index (χ0v) is 12.7. The zero-order valence-electron chi connectivity index (χ0n) is 11.9. The Kier molecular flexibility index (Phi) is 6.42. The van der Waals surface area contributed by atoms with Crippen molar-refractivity contribution in [3.05, 3.63) is 24.3 Å². The molecule has 0 aliphatic heterocycles. The first-order valence-electron chi connectivity index (χ1n) is 7.47. The Morgan fingerprint density at radius 2 is 1.95 bits per heavy atom. The monoisotopic (exact) mass is 279 g/mol. The summed E-state index contributed by atoms with van der Waals surface area (Å²) in [6, 6.07) is 8.41. The fraction of sp³-hybridized carbons (Fsp3) is 0.625. The Labute approximate surface area is 121 Å². The van der Waals surface area contributed by atoms with E-state index in [-0.39, 0.29) is 0 Å². The predicted octanol–water partition coefficient (Wildman–Crippen LogP) is 4.56. The Morgan fingerprint density at radius 3 is 2.63 bits per heavy atom. The summed E-state index contributed by atoms with van der Waals surface area (Å²) in [5.74, 6) is 3.47. The maximum atomic E-state index is 5.96. The van der Waals surface area contributed by atoms with Crippen molar-refractivity contribution in [2.45, 2.75) is 45.1 Å². The van der Waals surface area contributed by atoms with Crippen LogP contribution in [0.15, 0.2) is 24.3 Å². The van der Waals surface area contributed by atoms with Crippen LogP contribution in [0.5, 0.6) is 5.75 Å². The van der Waals surface area contributed by atoms with Crippen molar-refractivity contribution in [2.24, 2.45) is 0 Å². The molecule has 1 aromatic rings. The van der Waals surface area contributed by atoms with Crippen molar-refractivity contribution in [3.63, 3.8) is 0 Å². The second kappa shape index (κ2) is 8.36. The molecule has 2 rings (SSSR count). The summed E-state index contributed by atoms with van der Waals surface area (Å²) in [4.78, 5) is 0. The average Bonchev–Trinajstić information content (AvgIpc) is 2.93. The molecular weight excluding hydrogens is 254 g/mol. The Bertz CT molecular complexity index is 346. The fourth-order valence-corrected chi connectivity index (χ4v) is 3.04. The molecule has 1 aliphatic rings. The van der Waals surface area contributed by atoms with Crippen molar-refractivity contribution < 1.29 is 4.74 Å². The van der Waals surface area contributed by atoms with Gasteiger partial charge in [-0.15, -0.1) is 0 Å². The van der Waals surface area contributed by atoms with Crippen LogP contribution in [0.1, 0.15) is 39.0 Å². The topological polar surface area (TPSA) is 21.3 Å². The smallest absolute Gasteiger partial charge is 0.119 e. The molecule has 1 aliphatic carbocycles. The third-order valence-electron chi connectivity index (χ3n) is 3.46. The van der Waals surface area contributed by atoms with E-state index in [1.807, 2.05) is 11.8 Å². The normalized spacial score (nSPS) is 15.6. The molecule has 1 N–H and O–H groups in total. The minimum absolute atomic E-state index is 0.449. The summed E-state index contributed by atoms with van der Waals surface area (Å²) < 4.78 is 5.96. The molecule has 0 amide bonds. The van der Waals surface area contributed by atoms with Crippen LogP contribution in [0.2, 0.25) is 0 Å². The second-order valence-corrected chi connectivity index (χ2v) is 6.42. The van der Waals surface area contributed by atoms with Gasteiger partial charge in [0.05, 0.1) is 6.10 Å². The van der Waals surface area contributed by atoms with Crippen LogP contribution in [0.25, 0.3) is 0 Å². The van der Waals surface area contributed by atoms with E-state index in [0.29, 0.717) is 6.10 Å². The molecule has 1 fully saturated rings. The lowest BCUT2D eigenvalue weighted by molar-refractivity contribution is 0.210. The zero-order chi connectivity index (χ0) is 13.3. The number of anilines is 1. The Hall–Kier alpha value is -0.830. The summed E-state index contributed by atoms with van der Waals surface area (Å²) in [7, 11) is 0. The van der Waals surface area contributed by atoms with Gasteiger partial charge in [0.1, 0.15) is 5.75 Å². The van der Waals surface area contributed by atoms with E-state index in [2.05, 4.69) is 36.5 Å². The van der Waals surface area contributed by atoms with Crippen molar-refractivity contribution >= 4 is 17.4 Å². The molecule has 0 radical (unpaired) electrons. The molecule has 0 saturated heterocycles. The molecule has 0 atom stereocenters. The first-order chi connectivity index (χ1) is 9.38. The van der Waals surface area contributed by atoms with Crippen molar-refractivity contribution in [1.29, 1.82) is 0 Å². The Balaban J connectivity index is 1.68. The molecule has 0 spiro atoms. The lowest BCUT2D eigenvalue weighted by Crippen LogP contribution is -2.10. The third kappa shape index (κ3) is 5.35. The van der Waals surface area contributed by atoms with Gasteiger partial charge in [0, 0.05) is 12.2 Å². The molecule has 106 valence electrons. The van der Waals surface area contributed by atoms with Gasteiger partial charge in [0.25, 0.3) is 0 Å². The lowest BCUT2D eigenvalue weighted by Gasteiger charge is -2.13. The van der Waals surface area contributed by atoms with Gasteiger partial charge in [-0.3, -0.25) is 0 Å². The molecule has 2 nitrogen and oxygen atoms in total. The predicted molar refractivity (Wildman–Crippen MR) is 85.4 cm³/mol. The van der Waals surface area contributed by atoms with Crippen LogP contribution in [0.4, 0.5) is 5.69 Å². The molecule has 1 saturated carbocycles. The maximum Gasteiger partial charge on any atom is 0.119 e. The van der Waals surface area contributed by atoms with Crippen LogP contribution in [0, 0.1) is 0 Å². The minimum Gasteiger partial charge on any atom is -0.490 e. The SMILES string of the molecule is CCSCCCNc1ccc(OC2CCCC2)cc1. The van der Waals surface area contributed by atoms with Crippen LogP contribution < -0.4 is 10.1 Å². The maximum absolute atomic E-state index is 5.96. The van der Waals surface area contributed by atoms with E-state index in [9.17, 15) is 0 Å². The van der Waals surface area contributed by atoms with Gasteiger partial charge in [-0.05, 0) is 67.9 Å². The Morgan fingerprint density at radius 1 is 1.21 bits per heavy atom. The van der Waals surface area contributed by atoms with Gasteiger partial charge < -0.3 is 10.1 Å². The van der Waals surface area contributed by atoms with E-state index in [0.717, 1.165) is 12.3 Å². The van der Waals surface area contributed by atoms with Gasteiger partial charge >= 0.3 is 0 Å². The standard InChI is InChI=1S/C16H25NOS/c1-2-19-13-5-12-17-14-8-10-16(11-9-14)18-15-6-3-4-7-15/h8-11,15,17H,2-7,12-13H2,1H3. The van der Waals surface area contributed by atoms with E-state index in [1.165, 1.54) is 49.3 Å². The first kappa shape index (κ1) is 14.6. The number of ether oxygens (including phenoxy) is 1. The molecule has 0 unspecified atom stereocenters. The van der Waals surface area contributed by atoms with Crippen molar-refractivity contribution in [3.8, 4) is 5.75 Å². The van der Waals surface area contributed by atoms with Crippen molar-refractivity contribution in [2.75, 3.05) is 23.4 Å². The fourth-order valence-electron chi connectivity index (χ4n) is 2.40.